The second-order valence-electron chi connectivity index (χ2n) is 5.15. The van der Waals surface area contributed by atoms with Crippen LogP contribution in [0.3, 0.4) is 0 Å². The predicted molar refractivity (Wildman–Crippen MR) is 93.0 cm³/mol. The smallest absolute Gasteiger partial charge is 0.309 e. The molecular formula is C16H16ClN3O4S. The molecule has 2 amide bonds. The Bertz CT molecular complexity index is 883. The van der Waals surface area contributed by atoms with E-state index in [-0.39, 0.29) is 18.0 Å². The number of hydrogen-bond donors (Lipinski definition) is 3. The fraction of sp³-hybridized carbons (Fsp3) is 0.125. The van der Waals surface area contributed by atoms with Crippen LogP contribution >= 0.6 is 11.6 Å². The van der Waals surface area contributed by atoms with Gasteiger partial charge < -0.3 is 10.6 Å². The van der Waals surface area contributed by atoms with Crippen molar-refractivity contribution in [3.05, 3.63) is 64.7 Å². The Hall–Kier alpha value is -2.42. The first-order valence-corrected chi connectivity index (χ1v) is 9.11. The summed E-state index contributed by atoms with van der Waals surface area (Å²) in [7, 11) is -3.76. The molecule has 2 aromatic carbocycles. The third-order valence-electron chi connectivity index (χ3n) is 3.31. The molecular weight excluding hydrogens is 366 g/mol. The normalized spacial score (nSPS) is 11.0. The van der Waals surface area contributed by atoms with Crippen LogP contribution in [0, 0.1) is 0 Å². The van der Waals surface area contributed by atoms with Gasteiger partial charge in [0.25, 0.3) is 0 Å². The molecule has 25 heavy (non-hydrogen) atoms. The molecule has 0 aliphatic rings. The summed E-state index contributed by atoms with van der Waals surface area (Å²) in [6.45, 7) is 0.207. The number of benzene rings is 2. The number of sulfonamides is 1. The van der Waals surface area contributed by atoms with Crippen molar-refractivity contribution in [1.29, 1.82) is 0 Å². The van der Waals surface area contributed by atoms with Gasteiger partial charge in [-0.3, -0.25) is 9.59 Å². The van der Waals surface area contributed by atoms with E-state index < -0.39 is 21.8 Å². The monoisotopic (exact) mass is 381 g/mol. The highest BCUT2D eigenvalue weighted by atomic mass is 35.5. The van der Waals surface area contributed by atoms with Crippen LogP contribution < -0.4 is 15.8 Å². The summed E-state index contributed by atoms with van der Waals surface area (Å²) < 4.78 is 22.3. The molecule has 132 valence electrons. The number of primary sulfonamides is 1. The third-order valence-corrected chi connectivity index (χ3v) is 4.61. The maximum absolute atomic E-state index is 11.8. The van der Waals surface area contributed by atoms with Crippen LogP contribution in [0.25, 0.3) is 0 Å². The number of amides is 2. The van der Waals surface area contributed by atoms with E-state index in [4.69, 9.17) is 16.7 Å². The molecule has 0 bridgehead atoms. The number of carbonyl (C=O) groups is 2. The van der Waals surface area contributed by atoms with Gasteiger partial charge in [0.2, 0.25) is 10.0 Å². The first kappa shape index (κ1) is 18.9. The number of nitrogens with one attached hydrogen (secondary N) is 2. The van der Waals surface area contributed by atoms with Crippen LogP contribution in [0.4, 0.5) is 0 Å². The van der Waals surface area contributed by atoms with E-state index in [0.29, 0.717) is 16.1 Å². The maximum Gasteiger partial charge on any atom is 0.309 e. The van der Waals surface area contributed by atoms with Crippen molar-refractivity contribution < 1.29 is 18.0 Å². The molecule has 0 aliphatic carbocycles. The van der Waals surface area contributed by atoms with E-state index in [0.717, 1.165) is 0 Å². The molecule has 0 aromatic heterocycles. The zero-order valence-corrected chi connectivity index (χ0v) is 14.6. The average molecular weight is 382 g/mol. The van der Waals surface area contributed by atoms with Gasteiger partial charge in [-0.25, -0.2) is 13.6 Å². The lowest BCUT2D eigenvalue weighted by Gasteiger charge is -2.08. The average Bonchev–Trinajstić information content (AvgIpc) is 2.58. The van der Waals surface area contributed by atoms with Crippen molar-refractivity contribution in [3.8, 4) is 0 Å². The molecule has 4 N–H and O–H groups in total. The molecule has 0 atom stereocenters. The molecule has 0 saturated heterocycles. The molecule has 2 rings (SSSR count). The highest BCUT2D eigenvalue weighted by Gasteiger charge is 2.13. The second-order valence-corrected chi connectivity index (χ2v) is 7.11. The van der Waals surface area contributed by atoms with Crippen LogP contribution in [-0.4, -0.2) is 20.2 Å². The van der Waals surface area contributed by atoms with Crippen LogP contribution in [0.15, 0.2) is 53.4 Å². The van der Waals surface area contributed by atoms with Gasteiger partial charge in [0.05, 0.1) is 4.90 Å². The Morgan fingerprint density at radius 2 is 1.48 bits per heavy atom. The number of hydrogen-bond acceptors (Lipinski definition) is 4. The highest BCUT2D eigenvalue weighted by molar-refractivity contribution is 7.89. The number of halogens is 1. The SMILES string of the molecule is NS(=O)(=O)c1ccc(CNC(=O)C(=O)NCc2ccccc2Cl)cc1. The van der Waals surface area contributed by atoms with E-state index in [1.165, 1.54) is 24.3 Å². The zero-order valence-electron chi connectivity index (χ0n) is 13.0. The summed E-state index contributed by atoms with van der Waals surface area (Å²) in [4.78, 5) is 23.5. The van der Waals surface area contributed by atoms with Gasteiger partial charge in [-0.2, -0.15) is 0 Å². The van der Waals surface area contributed by atoms with Crippen molar-refractivity contribution in [3.63, 3.8) is 0 Å². The minimum atomic E-state index is -3.76. The summed E-state index contributed by atoms with van der Waals surface area (Å²) in [6, 6.07) is 12.6. The lowest BCUT2D eigenvalue weighted by molar-refractivity contribution is -0.139. The number of rotatable bonds is 5. The molecule has 0 saturated carbocycles. The van der Waals surface area contributed by atoms with Crippen molar-refractivity contribution >= 4 is 33.4 Å². The Balaban J connectivity index is 1.85. The molecule has 0 aliphatic heterocycles. The standard InChI is InChI=1S/C16H16ClN3O4S/c17-14-4-2-1-3-12(14)10-20-16(22)15(21)19-9-11-5-7-13(8-6-11)25(18,23)24/h1-8H,9-10H2,(H,19,21)(H,20,22)(H2,18,23,24). The third kappa shape index (κ3) is 5.56. The largest absolute Gasteiger partial charge is 0.344 e. The number of carbonyl (C=O) groups excluding carboxylic acids is 2. The van der Waals surface area contributed by atoms with Gasteiger partial charge in [0, 0.05) is 18.1 Å². The lowest BCUT2D eigenvalue weighted by atomic mass is 10.2. The zero-order chi connectivity index (χ0) is 18.4. The van der Waals surface area contributed by atoms with Crippen LogP contribution in [0.2, 0.25) is 5.02 Å². The Kier molecular flexibility index (Phi) is 6.13. The summed E-state index contributed by atoms with van der Waals surface area (Å²) in [5.74, 6) is -1.59. The van der Waals surface area contributed by atoms with Crippen LogP contribution in [0.5, 0.6) is 0 Å². The van der Waals surface area contributed by atoms with Gasteiger partial charge in [-0.1, -0.05) is 41.9 Å². The van der Waals surface area contributed by atoms with E-state index >= 15 is 0 Å². The van der Waals surface area contributed by atoms with Crippen molar-refractivity contribution in [1.82, 2.24) is 10.6 Å². The fourth-order valence-electron chi connectivity index (χ4n) is 1.96. The molecule has 7 nitrogen and oxygen atoms in total. The molecule has 0 radical (unpaired) electrons. The molecule has 0 unspecified atom stereocenters. The van der Waals surface area contributed by atoms with Gasteiger partial charge in [-0.05, 0) is 29.3 Å². The van der Waals surface area contributed by atoms with Gasteiger partial charge in [0.1, 0.15) is 0 Å². The van der Waals surface area contributed by atoms with Crippen molar-refractivity contribution in [2.75, 3.05) is 0 Å². The van der Waals surface area contributed by atoms with E-state index in [9.17, 15) is 18.0 Å². The number of nitrogens with two attached hydrogens (primary N) is 1. The minimum Gasteiger partial charge on any atom is -0.344 e. The van der Waals surface area contributed by atoms with Crippen molar-refractivity contribution in [2.45, 2.75) is 18.0 Å². The summed E-state index contributed by atoms with van der Waals surface area (Å²) in [6.07, 6.45) is 0. The predicted octanol–water partition coefficient (Wildman–Crippen LogP) is 0.920. The van der Waals surface area contributed by atoms with Crippen LogP contribution in [-0.2, 0) is 32.7 Å². The molecule has 0 heterocycles. The fourth-order valence-corrected chi connectivity index (χ4v) is 2.68. The quantitative estimate of drug-likeness (QED) is 0.667. The minimum absolute atomic E-state index is 0.0277. The maximum atomic E-state index is 11.8. The Morgan fingerprint density at radius 3 is 2.04 bits per heavy atom. The van der Waals surface area contributed by atoms with Gasteiger partial charge in [0.15, 0.2) is 0 Å². The van der Waals surface area contributed by atoms with Crippen molar-refractivity contribution in [2.24, 2.45) is 5.14 Å². The van der Waals surface area contributed by atoms with Gasteiger partial charge in [-0.15, -0.1) is 0 Å². The van der Waals surface area contributed by atoms with Crippen LogP contribution in [0.1, 0.15) is 11.1 Å². The molecule has 9 heteroatoms. The molecule has 2 aromatic rings. The Morgan fingerprint density at radius 1 is 0.920 bits per heavy atom. The first-order chi connectivity index (χ1) is 11.8. The topological polar surface area (TPSA) is 118 Å². The first-order valence-electron chi connectivity index (χ1n) is 7.18. The second kappa shape index (κ2) is 8.11. The van der Waals surface area contributed by atoms with E-state index in [2.05, 4.69) is 10.6 Å². The van der Waals surface area contributed by atoms with E-state index in [1.807, 2.05) is 0 Å². The summed E-state index contributed by atoms with van der Waals surface area (Å²) >= 11 is 5.97. The Labute approximate surface area is 150 Å². The molecule has 0 fully saturated rings. The summed E-state index contributed by atoms with van der Waals surface area (Å²) in [5, 5.41) is 10.4. The van der Waals surface area contributed by atoms with E-state index in [1.54, 1.807) is 24.3 Å². The summed E-state index contributed by atoms with van der Waals surface area (Å²) in [5.41, 5.74) is 1.32. The highest BCUT2D eigenvalue weighted by Crippen LogP contribution is 2.14. The van der Waals surface area contributed by atoms with Gasteiger partial charge >= 0.3 is 11.8 Å². The molecule has 0 spiro atoms. The lowest BCUT2D eigenvalue weighted by Crippen LogP contribution is -2.39.